The largest absolute Gasteiger partial charge is 0.480 e. The summed E-state index contributed by atoms with van der Waals surface area (Å²) in [7, 11) is 0. The lowest BCUT2D eigenvalue weighted by atomic mass is 10.0. The third-order valence-corrected chi connectivity index (χ3v) is 4.44. The van der Waals surface area contributed by atoms with E-state index in [1.165, 1.54) is 6.07 Å². The predicted molar refractivity (Wildman–Crippen MR) is 106 cm³/mol. The summed E-state index contributed by atoms with van der Waals surface area (Å²) in [4.78, 5) is 23.3. The van der Waals surface area contributed by atoms with E-state index in [2.05, 4.69) is 0 Å². The van der Waals surface area contributed by atoms with E-state index in [4.69, 9.17) is 20.0 Å². The average Bonchev–Trinajstić information content (AvgIpc) is 2.69. The molecule has 0 amide bonds. The van der Waals surface area contributed by atoms with Crippen molar-refractivity contribution in [2.24, 2.45) is 5.73 Å². The van der Waals surface area contributed by atoms with Gasteiger partial charge in [0, 0.05) is 19.1 Å². The molecule has 0 aliphatic heterocycles. The lowest BCUT2D eigenvalue weighted by molar-refractivity contribution is -0.138. The molecular weight excluding hydrogens is 358 g/mol. The molecule has 0 saturated heterocycles. The van der Waals surface area contributed by atoms with Gasteiger partial charge >= 0.3 is 5.97 Å². The highest BCUT2D eigenvalue weighted by Crippen LogP contribution is 2.16. The molecule has 2 aromatic carbocycles. The van der Waals surface area contributed by atoms with Crippen LogP contribution in [0.5, 0.6) is 0 Å². The first-order chi connectivity index (χ1) is 13.5. The molecule has 6 nitrogen and oxygen atoms in total. The van der Waals surface area contributed by atoms with Crippen molar-refractivity contribution in [3.05, 3.63) is 81.7 Å². The molecule has 1 unspecified atom stereocenters. The van der Waals surface area contributed by atoms with E-state index in [1.54, 1.807) is 18.2 Å². The van der Waals surface area contributed by atoms with Crippen molar-refractivity contribution in [1.82, 2.24) is 0 Å². The SMILES string of the molecule is NC(Cc1ccc2oc(CCCOCc3ccccc3)cc(=O)c2c1)C(=O)O. The van der Waals surface area contributed by atoms with Crippen molar-refractivity contribution in [2.75, 3.05) is 6.61 Å². The molecule has 3 rings (SSSR count). The molecule has 0 spiro atoms. The number of hydrogen-bond acceptors (Lipinski definition) is 5. The van der Waals surface area contributed by atoms with Gasteiger partial charge in [-0.2, -0.15) is 0 Å². The molecule has 146 valence electrons. The van der Waals surface area contributed by atoms with Gasteiger partial charge in [0.2, 0.25) is 0 Å². The molecule has 0 bridgehead atoms. The van der Waals surface area contributed by atoms with Crippen LogP contribution in [0.15, 0.2) is 63.8 Å². The van der Waals surface area contributed by atoms with E-state index in [0.717, 1.165) is 12.0 Å². The van der Waals surface area contributed by atoms with Gasteiger partial charge in [-0.05, 0) is 36.1 Å². The Balaban J connectivity index is 1.58. The Morgan fingerprint density at radius 1 is 1.11 bits per heavy atom. The summed E-state index contributed by atoms with van der Waals surface area (Å²) in [5.74, 6) is -0.465. The van der Waals surface area contributed by atoms with Crippen LogP contribution >= 0.6 is 0 Å². The zero-order valence-corrected chi connectivity index (χ0v) is 15.5. The fraction of sp³-hybridized carbons (Fsp3) is 0.273. The van der Waals surface area contributed by atoms with E-state index < -0.39 is 12.0 Å². The summed E-state index contributed by atoms with van der Waals surface area (Å²) < 4.78 is 11.5. The van der Waals surface area contributed by atoms with Gasteiger partial charge in [-0.15, -0.1) is 0 Å². The van der Waals surface area contributed by atoms with Gasteiger partial charge in [-0.25, -0.2) is 0 Å². The Morgan fingerprint density at radius 2 is 1.89 bits per heavy atom. The Kier molecular flexibility index (Phi) is 6.57. The molecule has 0 fully saturated rings. The first kappa shape index (κ1) is 19.8. The first-order valence-corrected chi connectivity index (χ1v) is 9.18. The molecule has 1 atom stereocenters. The number of carboxylic acids is 1. The molecule has 0 saturated carbocycles. The summed E-state index contributed by atoms with van der Waals surface area (Å²) in [5, 5.41) is 9.35. The maximum atomic E-state index is 12.4. The van der Waals surface area contributed by atoms with E-state index in [0.29, 0.717) is 41.9 Å². The monoisotopic (exact) mass is 381 g/mol. The van der Waals surface area contributed by atoms with Crippen molar-refractivity contribution in [3.8, 4) is 0 Å². The minimum absolute atomic E-state index is 0.146. The number of benzene rings is 2. The maximum absolute atomic E-state index is 12.4. The van der Waals surface area contributed by atoms with Crippen molar-refractivity contribution in [2.45, 2.75) is 31.9 Å². The molecule has 3 aromatic rings. The van der Waals surface area contributed by atoms with Gasteiger partial charge in [0.15, 0.2) is 5.43 Å². The first-order valence-electron chi connectivity index (χ1n) is 9.18. The number of nitrogens with two attached hydrogens (primary N) is 1. The number of aryl methyl sites for hydroxylation is 1. The van der Waals surface area contributed by atoms with Gasteiger partial charge < -0.3 is 20.0 Å². The van der Waals surface area contributed by atoms with Crippen LogP contribution in [-0.4, -0.2) is 23.7 Å². The molecule has 1 heterocycles. The Labute approximate surface area is 162 Å². The van der Waals surface area contributed by atoms with Gasteiger partial charge in [0.25, 0.3) is 0 Å². The molecule has 1 aromatic heterocycles. The molecular formula is C22H23NO5. The van der Waals surface area contributed by atoms with E-state index in [1.807, 2.05) is 30.3 Å². The van der Waals surface area contributed by atoms with Crippen LogP contribution in [0.4, 0.5) is 0 Å². The molecule has 28 heavy (non-hydrogen) atoms. The summed E-state index contributed by atoms with van der Waals surface area (Å²) >= 11 is 0. The normalized spacial score (nSPS) is 12.2. The molecule has 6 heteroatoms. The Morgan fingerprint density at radius 3 is 2.64 bits per heavy atom. The highest BCUT2D eigenvalue weighted by atomic mass is 16.5. The quantitative estimate of drug-likeness (QED) is 0.553. The van der Waals surface area contributed by atoms with Crippen molar-refractivity contribution >= 4 is 16.9 Å². The lowest BCUT2D eigenvalue weighted by Crippen LogP contribution is -2.32. The van der Waals surface area contributed by atoms with Crippen LogP contribution in [0.3, 0.4) is 0 Å². The second-order valence-electron chi connectivity index (χ2n) is 6.70. The molecule has 0 radical (unpaired) electrons. The second-order valence-corrected chi connectivity index (χ2v) is 6.70. The van der Waals surface area contributed by atoms with Crippen molar-refractivity contribution in [1.29, 1.82) is 0 Å². The van der Waals surface area contributed by atoms with Gasteiger partial charge in [0.05, 0.1) is 12.0 Å². The second kappa shape index (κ2) is 9.30. The highest BCUT2D eigenvalue weighted by molar-refractivity contribution is 5.78. The summed E-state index contributed by atoms with van der Waals surface area (Å²) in [6.45, 7) is 1.13. The zero-order valence-electron chi connectivity index (χ0n) is 15.5. The minimum Gasteiger partial charge on any atom is -0.480 e. The number of fused-ring (bicyclic) bond motifs is 1. The van der Waals surface area contributed by atoms with Crippen LogP contribution in [0.2, 0.25) is 0 Å². The molecule has 3 N–H and O–H groups in total. The summed E-state index contributed by atoms with van der Waals surface area (Å²) in [6, 6.07) is 15.5. The maximum Gasteiger partial charge on any atom is 0.320 e. The average molecular weight is 381 g/mol. The van der Waals surface area contributed by atoms with Gasteiger partial charge in [-0.1, -0.05) is 36.4 Å². The number of hydrogen-bond donors (Lipinski definition) is 2. The Bertz CT molecular complexity index is 997. The topological polar surface area (TPSA) is 103 Å². The van der Waals surface area contributed by atoms with Crippen LogP contribution in [0.1, 0.15) is 23.3 Å². The highest BCUT2D eigenvalue weighted by Gasteiger charge is 2.13. The predicted octanol–water partition coefficient (Wildman–Crippen LogP) is 2.90. The Hall–Kier alpha value is -2.96. The van der Waals surface area contributed by atoms with E-state index in [-0.39, 0.29) is 11.8 Å². The third kappa shape index (κ3) is 5.28. The van der Waals surface area contributed by atoms with Gasteiger partial charge in [-0.3, -0.25) is 9.59 Å². The fourth-order valence-electron chi connectivity index (χ4n) is 2.96. The zero-order chi connectivity index (χ0) is 19.9. The van der Waals surface area contributed by atoms with Crippen molar-refractivity contribution in [3.63, 3.8) is 0 Å². The molecule has 0 aliphatic rings. The minimum atomic E-state index is -1.07. The number of carbonyl (C=O) groups is 1. The van der Waals surface area contributed by atoms with Crippen molar-refractivity contribution < 1.29 is 19.1 Å². The number of carboxylic acid groups (broad SMARTS) is 1. The number of ether oxygens (including phenoxy) is 1. The number of rotatable bonds is 9. The van der Waals surface area contributed by atoms with Gasteiger partial charge in [0.1, 0.15) is 17.4 Å². The summed E-state index contributed by atoms with van der Waals surface area (Å²) in [5.41, 5.74) is 7.71. The van der Waals surface area contributed by atoms with Crippen LogP contribution in [0.25, 0.3) is 11.0 Å². The summed E-state index contributed by atoms with van der Waals surface area (Å²) in [6.07, 6.45) is 1.50. The number of aliphatic carboxylic acids is 1. The van der Waals surface area contributed by atoms with Crippen LogP contribution in [-0.2, 0) is 29.0 Å². The smallest absolute Gasteiger partial charge is 0.320 e. The van der Waals surface area contributed by atoms with Crippen LogP contribution in [0, 0.1) is 0 Å². The third-order valence-electron chi connectivity index (χ3n) is 4.44. The van der Waals surface area contributed by atoms with E-state index in [9.17, 15) is 9.59 Å². The standard InChI is InChI=1S/C22H23NO5/c23-19(22(25)26)12-16-8-9-21-18(11-16)20(24)13-17(28-21)7-4-10-27-14-15-5-2-1-3-6-15/h1-3,5-6,8-9,11,13,19H,4,7,10,12,14,23H2,(H,25,26). The van der Waals surface area contributed by atoms with E-state index >= 15 is 0 Å². The molecule has 0 aliphatic carbocycles. The fourth-order valence-corrected chi connectivity index (χ4v) is 2.96. The lowest BCUT2D eigenvalue weighted by Gasteiger charge is -2.08. The van der Waals surface area contributed by atoms with Crippen LogP contribution < -0.4 is 11.2 Å².